The van der Waals surface area contributed by atoms with Gasteiger partial charge in [0.1, 0.15) is 0 Å². The van der Waals surface area contributed by atoms with E-state index in [1.165, 1.54) is 58.0 Å². The molecule has 4 nitrogen and oxygen atoms in total. The molecule has 0 radical (unpaired) electrons. The predicted octanol–water partition coefficient (Wildman–Crippen LogP) is 6.83. The highest BCUT2D eigenvalue weighted by Crippen LogP contribution is 2.44. The lowest BCUT2D eigenvalue weighted by Gasteiger charge is -2.20. The zero-order valence-electron chi connectivity index (χ0n) is 17.5. The molecule has 0 bridgehead atoms. The first-order valence-corrected chi connectivity index (χ1v) is 12.2. The van der Waals surface area contributed by atoms with E-state index >= 15 is 0 Å². The molecule has 0 spiro atoms. The Labute approximate surface area is 156 Å². The molecular formula is C20H43O4P. The van der Waals surface area contributed by atoms with Crippen LogP contribution in [0.2, 0.25) is 0 Å². The van der Waals surface area contributed by atoms with Gasteiger partial charge in [-0.1, -0.05) is 79.1 Å². The van der Waals surface area contributed by atoms with Crippen LogP contribution >= 0.6 is 7.60 Å². The van der Waals surface area contributed by atoms with Crippen molar-refractivity contribution in [1.29, 1.82) is 0 Å². The monoisotopic (exact) mass is 378 g/mol. The number of hydrogen-bond donors (Lipinski definition) is 0. The second-order valence-electron chi connectivity index (χ2n) is 8.19. The molecule has 0 saturated carbocycles. The maximum Gasteiger partial charge on any atom is 0.327 e. The molecule has 0 N–H and O–H groups in total. The first-order valence-electron chi connectivity index (χ1n) is 10.2. The van der Waals surface area contributed by atoms with E-state index < -0.39 is 7.60 Å². The van der Waals surface area contributed by atoms with Gasteiger partial charge in [-0.2, -0.15) is 0 Å². The van der Waals surface area contributed by atoms with Crippen molar-refractivity contribution in [3.8, 4) is 0 Å². The average Bonchev–Trinajstić information content (AvgIpc) is 2.50. The third-order valence-electron chi connectivity index (χ3n) is 4.12. The van der Waals surface area contributed by atoms with E-state index in [1.54, 1.807) is 0 Å². The van der Waals surface area contributed by atoms with Crippen molar-refractivity contribution in [2.45, 2.75) is 91.9 Å². The molecule has 0 aliphatic heterocycles. The molecule has 152 valence electrons. The molecule has 0 aliphatic carbocycles. The SMILES string of the molecule is CCCCCCCCCCCOCCOP(C)(=O)OCCC(C)(C)C. The third-order valence-corrected chi connectivity index (χ3v) is 5.43. The first kappa shape index (κ1) is 25.1. The van der Waals surface area contributed by atoms with Crippen LogP contribution in [-0.2, 0) is 18.3 Å². The minimum Gasteiger partial charge on any atom is -0.379 e. The maximum absolute atomic E-state index is 12.1. The van der Waals surface area contributed by atoms with Crippen LogP contribution in [0.15, 0.2) is 0 Å². The lowest BCUT2D eigenvalue weighted by molar-refractivity contribution is 0.0874. The predicted molar refractivity (Wildman–Crippen MR) is 108 cm³/mol. The average molecular weight is 379 g/mol. The van der Waals surface area contributed by atoms with Gasteiger partial charge in [-0.15, -0.1) is 0 Å². The fraction of sp³-hybridized carbons (Fsp3) is 1.00. The van der Waals surface area contributed by atoms with Crippen molar-refractivity contribution >= 4 is 7.60 Å². The summed E-state index contributed by atoms with van der Waals surface area (Å²) >= 11 is 0. The van der Waals surface area contributed by atoms with Gasteiger partial charge in [-0.25, -0.2) is 0 Å². The van der Waals surface area contributed by atoms with Gasteiger partial charge in [0.25, 0.3) is 0 Å². The lowest BCUT2D eigenvalue weighted by atomic mass is 9.93. The van der Waals surface area contributed by atoms with Gasteiger partial charge >= 0.3 is 7.60 Å². The number of unbranched alkanes of at least 4 members (excludes halogenated alkanes) is 8. The third kappa shape index (κ3) is 20.3. The Morgan fingerprint density at radius 1 is 0.720 bits per heavy atom. The van der Waals surface area contributed by atoms with Gasteiger partial charge in [0.05, 0.1) is 19.8 Å². The highest BCUT2D eigenvalue weighted by molar-refractivity contribution is 7.52. The highest BCUT2D eigenvalue weighted by Gasteiger charge is 2.18. The summed E-state index contributed by atoms with van der Waals surface area (Å²) in [7, 11) is -2.94. The van der Waals surface area contributed by atoms with E-state index in [4.69, 9.17) is 13.8 Å². The zero-order chi connectivity index (χ0) is 19.0. The van der Waals surface area contributed by atoms with Crippen LogP contribution in [0.3, 0.4) is 0 Å². The van der Waals surface area contributed by atoms with Crippen LogP contribution in [0.5, 0.6) is 0 Å². The van der Waals surface area contributed by atoms with E-state index in [0.717, 1.165) is 19.4 Å². The Bertz CT molecular complexity index is 339. The normalized spacial score (nSPS) is 14.6. The quantitative estimate of drug-likeness (QED) is 0.206. The largest absolute Gasteiger partial charge is 0.379 e. The summed E-state index contributed by atoms with van der Waals surface area (Å²) < 4.78 is 28.4. The topological polar surface area (TPSA) is 44.8 Å². The molecule has 0 saturated heterocycles. The fourth-order valence-corrected chi connectivity index (χ4v) is 3.34. The van der Waals surface area contributed by atoms with Gasteiger partial charge < -0.3 is 13.8 Å². The first-order chi connectivity index (χ1) is 11.8. The molecule has 0 heterocycles. The summed E-state index contributed by atoms with van der Waals surface area (Å²) in [5.74, 6) is 0. The number of hydrogen-bond acceptors (Lipinski definition) is 4. The van der Waals surface area contributed by atoms with Gasteiger partial charge in [0.15, 0.2) is 0 Å². The van der Waals surface area contributed by atoms with Gasteiger partial charge in [-0.05, 0) is 18.3 Å². The Hall–Kier alpha value is 0.110. The van der Waals surface area contributed by atoms with Gasteiger partial charge in [-0.3, -0.25) is 4.57 Å². The molecule has 0 fully saturated rings. The van der Waals surface area contributed by atoms with Gasteiger partial charge in [0, 0.05) is 13.3 Å². The summed E-state index contributed by atoms with van der Waals surface area (Å²) in [6.45, 7) is 12.3. The van der Waals surface area contributed by atoms with Crippen molar-refractivity contribution in [3.63, 3.8) is 0 Å². The molecule has 0 aliphatic rings. The van der Waals surface area contributed by atoms with E-state index in [2.05, 4.69) is 27.7 Å². The maximum atomic E-state index is 12.1. The summed E-state index contributed by atoms with van der Waals surface area (Å²) in [5, 5.41) is 0. The minimum absolute atomic E-state index is 0.179. The molecular weight excluding hydrogens is 335 g/mol. The van der Waals surface area contributed by atoms with Crippen molar-refractivity contribution in [1.82, 2.24) is 0 Å². The molecule has 1 unspecified atom stereocenters. The van der Waals surface area contributed by atoms with E-state index in [9.17, 15) is 4.57 Å². The van der Waals surface area contributed by atoms with Crippen molar-refractivity contribution < 1.29 is 18.3 Å². The molecule has 0 aromatic carbocycles. The second kappa shape index (κ2) is 15.2. The lowest BCUT2D eigenvalue weighted by Crippen LogP contribution is -2.10. The van der Waals surface area contributed by atoms with Gasteiger partial charge in [0.2, 0.25) is 0 Å². The molecule has 25 heavy (non-hydrogen) atoms. The molecule has 0 amide bonds. The van der Waals surface area contributed by atoms with Crippen molar-refractivity contribution in [2.75, 3.05) is 33.1 Å². The minimum atomic E-state index is -2.94. The Morgan fingerprint density at radius 2 is 1.24 bits per heavy atom. The summed E-state index contributed by atoms with van der Waals surface area (Å²) in [4.78, 5) is 0. The number of ether oxygens (including phenoxy) is 1. The summed E-state index contributed by atoms with van der Waals surface area (Å²) in [5.41, 5.74) is 0.179. The summed E-state index contributed by atoms with van der Waals surface area (Å²) in [6, 6.07) is 0. The summed E-state index contributed by atoms with van der Waals surface area (Å²) in [6.07, 6.45) is 12.7. The van der Waals surface area contributed by atoms with Crippen LogP contribution in [-0.4, -0.2) is 33.1 Å². The standard InChI is InChI=1S/C20H43O4P/c1-6-7-8-9-10-11-12-13-14-16-22-18-19-24-25(5,21)23-17-15-20(2,3)4/h6-19H2,1-5H3. The van der Waals surface area contributed by atoms with Crippen LogP contribution in [0.4, 0.5) is 0 Å². The van der Waals surface area contributed by atoms with Crippen molar-refractivity contribution in [3.05, 3.63) is 0 Å². The molecule has 0 aromatic heterocycles. The number of rotatable bonds is 17. The molecule has 5 heteroatoms. The second-order valence-corrected chi connectivity index (χ2v) is 10.2. The van der Waals surface area contributed by atoms with Crippen LogP contribution in [0, 0.1) is 5.41 Å². The molecule has 0 aromatic rings. The molecule has 1 atom stereocenters. The van der Waals surface area contributed by atoms with Crippen LogP contribution < -0.4 is 0 Å². The van der Waals surface area contributed by atoms with Crippen LogP contribution in [0.25, 0.3) is 0 Å². The molecule has 0 rings (SSSR count). The highest BCUT2D eigenvalue weighted by atomic mass is 31.2. The van der Waals surface area contributed by atoms with E-state index in [1.807, 2.05) is 0 Å². The van der Waals surface area contributed by atoms with E-state index in [0.29, 0.717) is 19.8 Å². The Morgan fingerprint density at radius 3 is 1.80 bits per heavy atom. The Balaban J connectivity index is 3.35. The fourth-order valence-electron chi connectivity index (χ4n) is 2.43. The smallest absolute Gasteiger partial charge is 0.327 e. The zero-order valence-corrected chi connectivity index (χ0v) is 18.4. The van der Waals surface area contributed by atoms with Crippen LogP contribution in [0.1, 0.15) is 91.9 Å². The van der Waals surface area contributed by atoms with Crippen molar-refractivity contribution in [2.24, 2.45) is 5.41 Å². The Kier molecular flexibility index (Phi) is 15.3. The van der Waals surface area contributed by atoms with E-state index in [-0.39, 0.29) is 5.41 Å².